The summed E-state index contributed by atoms with van der Waals surface area (Å²) in [6, 6.07) is 7.59. The summed E-state index contributed by atoms with van der Waals surface area (Å²) in [5.41, 5.74) is 7.69. The first kappa shape index (κ1) is 13.6. The molecule has 102 valence electrons. The quantitative estimate of drug-likeness (QED) is 0.722. The number of nitrogens with zero attached hydrogens (tertiary/aromatic N) is 1. The Labute approximate surface area is 113 Å². The molecule has 19 heavy (non-hydrogen) atoms. The number of hydrogen-bond donors (Lipinski definition) is 3. The Morgan fingerprint density at radius 1 is 1.37 bits per heavy atom. The molecule has 0 spiro atoms. The molecule has 0 bridgehead atoms. The molecule has 4 nitrogen and oxygen atoms in total. The smallest absolute Gasteiger partial charge is 0.0953 e. The molecule has 0 amide bonds. The molecule has 0 aliphatic rings. The van der Waals surface area contributed by atoms with Gasteiger partial charge < -0.3 is 16.2 Å². The molecule has 0 fully saturated rings. The lowest BCUT2D eigenvalue weighted by atomic mass is 10.0. The van der Waals surface area contributed by atoms with Crippen molar-refractivity contribution in [1.82, 2.24) is 4.98 Å². The van der Waals surface area contributed by atoms with Crippen LogP contribution in [0.5, 0.6) is 0 Å². The maximum Gasteiger partial charge on any atom is 0.0953 e. The van der Waals surface area contributed by atoms with Gasteiger partial charge in [0, 0.05) is 23.8 Å². The summed E-state index contributed by atoms with van der Waals surface area (Å²) in [4.78, 5) is 4.36. The SMILES string of the molecule is CCCC(C)(O)CNc1ccc(N)c2cccnc12. The minimum absolute atomic E-state index is 0.496. The van der Waals surface area contributed by atoms with E-state index in [0.29, 0.717) is 12.2 Å². The number of anilines is 2. The molecule has 0 saturated heterocycles. The molecule has 1 unspecified atom stereocenters. The van der Waals surface area contributed by atoms with Gasteiger partial charge in [0.1, 0.15) is 0 Å². The van der Waals surface area contributed by atoms with Gasteiger partial charge in [-0.25, -0.2) is 0 Å². The van der Waals surface area contributed by atoms with Crippen molar-refractivity contribution in [1.29, 1.82) is 0 Å². The highest BCUT2D eigenvalue weighted by Gasteiger charge is 2.19. The van der Waals surface area contributed by atoms with Crippen LogP contribution in [-0.4, -0.2) is 22.2 Å². The summed E-state index contributed by atoms with van der Waals surface area (Å²) in [7, 11) is 0. The van der Waals surface area contributed by atoms with Gasteiger partial charge in [0.2, 0.25) is 0 Å². The fourth-order valence-corrected chi connectivity index (χ4v) is 2.25. The van der Waals surface area contributed by atoms with Crippen LogP contribution in [0.2, 0.25) is 0 Å². The highest BCUT2D eigenvalue weighted by Crippen LogP contribution is 2.26. The highest BCUT2D eigenvalue weighted by molar-refractivity contribution is 5.98. The lowest BCUT2D eigenvalue weighted by molar-refractivity contribution is 0.0637. The summed E-state index contributed by atoms with van der Waals surface area (Å²) in [5.74, 6) is 0. The lowest BCUT2D eigenvalue weighted by Gasteiger charge is -2.24. The standard InChI is InChI=1S/C15H21N3O/c1-3-8-15(2,19)10-18-13-7-6-12(16)11-5-4-9-17-14(11)13/h4-7,9,18-19H,3,8,10,16H2,1-2H3. The van der Waals surface area contributed by atoms with Gasteiger partial charge in [0.15, 0.2) is 0 Å². The van der Waals surface area contributed by atoms with E-state index in [0.717, 1.165) is 29.4 Å². The Kier molecular flexibility index (Phi) is 3.90. The average molecular weight is 259 g/mol. The number of rotatable bonds is 5. The third-order valence-corrected chi connectivity index (χ3v) is 3.25. The number of nitrogens with two attached hydrogens (primary N) is 1. The van der Waals surface area contributed by atoms with Crippen molar-refractivity contribution in [3.63, 3.8) is 0 Å². The van der Waals surface area contributed by atoms with Gasteiger partial charge in [0.05, 0.1) is 16.8 Å². The van der Waals surface area contributed by atoms with Crippen LogP contribution in [0.25, 0.3) is 10.9 Å². The van der Waals surface area contributed by atoms with Crippen LogP contribution in [0.15, 0.2) is 30.5 Å². The van der Waals surface area contributed by atoms with Gasteiger partial charge >= 0.3 is 0 Å². The molecule has 0 aliphatic carbocycles. The normalized spacial score (nSPS) is 14.3. The Bertz CT molecular complexity index is 566. The van der Waals surface area contributed by atoms with Crippen LogP contribution in [-0.2, 0) is 0 Å². The molecule has 2 rings (SSSR count). The van der Waals surface area contributed by atoms with Crippen LogP contribution < -0.4 is 11.1 Å². The zero-order valence-corrected chi connectivity index (χ0v) is 11.5. The first-order chi connectivity index (χ1) is 9.03. The van der Waals surface area contributed by atoms with Gasteiger partial charge in [-0.15, -0.1) is 0 Å². The third kappa shape index (κ3) is 3.15. The summed E-state index contributed by atoms with van der Waals surface area (Å²) in [6.45, 7) is 4.40. The zero-order valence-electron chi connectivity index (χ0n) is 11.5. The van der Waals surface area contributed by atoms with E-state index >= 15 is 0 Å². The van der Waals surface area contributed by atoms with Crippen molar-refractivity contribution in [2.24, 2.45) is 0 Å². The van der Waals surface area contributed by atoms with E-state index in [4.69, 9.17) is 5.73 Å². The van der Waals surface area contributed by atoms with Gasteiger partial charge in [-0.1, -0.05) is 13.3 Å². The molecule has 2 aromatic rings. The predicted molar refractivity (Wildman–Crippen MR) is 80.2 cm³/mol. The molecule has 0 saturated carbocycles. The van der Waals surface area contributed by atoms with Gasteiger partial charge in [-0.3, -0.25) is 4.98 Å². The van der Waals surface area contributed by atoms with Crippen molar-refractivity contribution < 1.29 is 5.11 Å². The van der Waals surface area contributed by atoms with Crippen molar-refractivity contribution in [3.8, 4) is 0 Å². The number of nitrogen functional groups attached to an aromatic ring is 1. The molecule has 1 heterocycles. The number of benzene rings is 1. The largest absolute Gasteiger partial charge is 0.398 e. The van der Waals surface area contributed by atoms with Crippen molar-refractivity contribution in [3.05, 3.63) is 30.5 Å². The second kappa shape index (κ2) is 5.45. The molecular weight excluding hydrogens is 238 g/mol. The fourth-order valence-electron chi connectivity index (χ4n) is 2.25. The maximum atomic E-state index is 10.2. The fraction of sp³-hybridized carbons (Fsp3) is 0.400. The minimum atomic E-state index is -0.711. The van der Waals surface area contributed by atoms with Crippen LogP contribution in [0.4, 0.5) is 11.4 Å². The first-order valence-corrected chi connectivity index (χ1v) is 6.63. The first-order valence-electron chi connectivity index (χ1n) is 6.63. The van der Waals surface area contributed by atoms with E-state index in [2.05, 4.69) is 17.2 Å². The van der Waals surface area contributed by atoms with E-state index in [1.54, 1.807) is 6.20 Å². The molecule has 4 N–H and O–H groups in total. The second-order valence-corrected chi connectivity index (χ2v) is 5.20. The van der Waals surface area contributed by atoms with Crippen molar-refractivity contribution in [2.75, 3.05) is 17.6 Å². The monoisotopic (exact) mass is 259 g/mol. The molecule has 1 aromatic carbocycles. The average Bonchev–Trinajstić information content (AvgIpc) is 2.38. The maximum absolute atomic E-state index is 10.2. The minimum Gasteiger partial charge on any atom is -0.398 e. The molecule has 1 atom stereocenters. The van der Waals surface area contributed by atoms with Crippen LogP contribution in [0, 0.1) is 0 Å². The van der Waals surface area contributed by atoms with Crippen molar-refractivity contribution in [2.45, 2.75) is 32.3 Å². The predicted octanol–water partition coefficient (Wildman–Crippen LogP) is 2.78. The highest BCUT2D eigenvalue weighted by atomic mass is 16.3. The second-order valence-electron chi connectivity index (χ2n) is 5.20. The number of pyridine rings is 1. The number of aromatic nitrogens is 1. The number of fused-ring (bicyclic) bond motifs is 1. The number of nitrogens with one attached hydrogen (secondary N) is 1. The number of aliphatic hydroxyl groups is 1. The third-order valence-electron chi connectivity index (χ3n) is 3.25. The Hall–Kier alpha value is -1.81. The Balaban J connectivity index is 2.24. The van der Waals surface area contributed by atoms with E-state index in [-0.39, 0.29) is 0 Å². The summed E-state index contributed by atoms with van der Waals surface area (Å²) in [6.07, 6.45) is 3.47. The van der Waals surface area contributed by atoms with Gasteiger partial charge in [-0.2, -0.15) is 0 Å². The van der Waals surface area contributed by atoms with E-state index in [1.165, 1.54) is 0 Å². The molecule has 0 aliphatic heterocycles. The van der Waals surface area contributed by atoms with Crippen LogP contribution in [0.3, 0.4) is 0 Å². The van der Waals surface area contributed by atoms with E-state index in [1.807, 2.05) is 31.2 Å². The lowest BCUT2D eigenvalue weighted by Crippen LogP contribution is -2.33. The molecule has 1 aromatic heterocycles. The zero-order chi connectivity index (χ0) is 13.9. The molecule has 4 heteroatoms. The Morgan fingerprint density at radius 3 is 2.89 bits per heavy atom. The van der Waals surface area contributed by atoms with Crippen molar-refractivity contribution >= 4 is 22.3 Å². The summed E-state index contributed by atoms with van der Waals surface area (Å²) >= 11 is 0. The number of hydrogen-bond acceptors (Lipinski definition) is 4. The van der Waals surface area contributed by atoms with Gasteiger partial charge in [-0.05, 0) is 37.6 Å². The van der Waals surface area contributed by atoms with Crippen LogP contribution in [0.1, 0.15) is 26.7 Å². The molecule has 0 radical (unpaired) electrons. The summed E-state index contributed by atoms with van der Waals surface area (Å²) < 4.78 is 0. The van der Waals surface area contributed by atoms with Gasteiger partial charge in [0.25, 0.3) is 0 Å². The van der Waals surface area contributed by atoms with Crippen LogP contribution >= 0.6 is 0 Å². The topological polar surface area (TPSA) is 71.2 Å². The Morgan fingerprint density at radius 2 is 2.16 bits per heavy atom. The molecular formula is C15H21N3O. The van der Waals surface area contributed by atoms with E-state index in [9.17, 15) is 5.11 Å². The van der Waals surface area contributed by atoms with E-state index < -0.39 is 5.60 Å². The summed E-state index contributed by atoms with van der Waals surface area (Å²) in [5, 5.41) is 14.4.